The quantitative estimate of drug-likeness (QED) is 0.865. The van der Waals surface area contributed by atoms with Crippen molar-refractivity contribution in [2.75, 3.05) is 17.2 Å². The highest BCUT2D eigenvalue weighted by atomic mass is 79.9. The third kappa shape index (κ3) is 2.82. The van der Waals surface area contributed by atoms with Gasteiger partial charge < -0.3 is 10.6 Å². The molecule has 2 aromatic rings. The molecule has 104 valence electrons. The lowest BCUT2D eigenvalue weighted by molar-refractivity contribution is 0.0987. The first-order valence-electron chi connectivity index (χ1n) is 6.16. The maximum atomic E-state index is 13.5. The summed E-state index contributed by atoms with van der Waals surface area (Å²) < 4.78 is 13.7. The molecule has 0 saturated carbocycles. The minimum Gasteiger partial charge on any atom is -0.399 e. The standard InChI is InChI=1S/C15H14BrFN2O/c1-2-19(11-8-6-10(18)7-9-11)15(20)12-4-3-5-13(17)14(12)16/h3-9H,2,18H2,1H3. The molecule has 5 heteroatoms. The summed E-state index contributed by atoms with van der Waals surface area (Å²) in [7, 11) is 0. The van der Waals surface area contributed by atoms with Gasteiger partial charge in [-0.1, -0.05) is 6.07 Å². The molecule has 2 aromatic carbocycles. The number of carbonyl (C=O) groups excluding carboxylic acids is 1. The number of nitrogens with two attached hydrogens (primary N) is 1. The normalized spacial score (nSPS) is 10.3. The van der Waals surface area contributed by atoms with E-state index in [1.807, 2.05) is 6.92 Å². The van der Waals surface area contributed by atoms with E-state index >= 15 is 0 Å². The topological polar surface area (TPSA) is 46.3 Å². The van der Waals surface area contributed by atoms with E-state index in [2.05, 4.69) is 15.9 Å². The maximum Gasteiger partial charge on any atom is 0.259 e. The molecule has 0 aliphatic rings. The number of hydrogen-bond acceptors (Lipinski definition) is 2. The van der Waals surface area contributed by atoms with Crippen molar-refractivity contribution in [2.45, 2.75) is 6.92 Å². The van der Waals surface area contributed by atoms with Gasteiger partial charge in [0.15, 0.2) is 0 Å². The van der Waals surface area contributed by atoms with Gasteiger partial charge in [0.2, 0.25) is 0 Å². The first-order chi connectivity index (χ1) is 9.54. The zero-order chi connectivity index (χ0) is 14.7. The molecule has 0 spiro atoms. The summed E-state index contributed by atoms with van der Waals surface area (Å²) in [4.78, 5) is 14.1. The zero-order valence-electron chi connectivity index (χ0n) is 10.9. The van der Waals surface area contributed by atoms with Gasteiger partial charge in [0.05, 0.1) is 10.0 Å². The Morgan fingerprint density at radius 1 is 1.25 bits per heavy atom. The number of amides is 1. The lowest BCUT2D eigenvalue weighted by atomic mass is 10.1. The van der Waals surface area contributed by atoms with Gasteiger partial charge in [0.1, 0.15) is 5.82 Å². The second-order valence-electron chi connectivity index (χ2n) is 4.24. The smallest absolute Gasteiger partial charge is 0.259 e. The molecular formula is C15H14BrFN2O. The van der Waals surface area contributed by atoms with Gasteiger partial charge in [-0.05, 0) is 59.3 Å². The molecule has 0 aromatic heterocycles. The summed E-state index contributed by atoms with van der Waals surface area (Å²) in [6.45, 7) is 2.34. The summed E-state index contributed by atoms with van der Waals surface area (Å²) in [5.74, 6) is -0.715. The van der Waals surface area contributed by atoms with Crippen molar-refractivity contribution in [3.05, 3.63) is 58.3 Å². The Morgan fingerprint density at radius 3 is 2.50 bits per heavy atom. The molecule has 0 radical (unpaired) electrons. The molecular weight excluding hydrogens is 323 g/mol. The van der Waals surface area contributed by atoms with Crippen LogP contribution in [0, 0.1) is 5.82 Å². The second-order valence-corrected chi connectivity index (χ2v) is 5.04. The van der Waals surface area contributed by atoms with E-state index < -0.39 is 5.82 Å². The Labute approximate surface area is 125 Å². The number of rotatable bonds is 3. The van der Waals surface area contributed by atoms with E-state index in [1.54, 1.807) is 35.2 Å². The van der Waals surface area contributed by atoms with Crippen LogP contribution in [-0.2, 0) is 0 Å². The minimum atomic E-state index is -0.454. The predicted octanol–water partition coefficient (Wildman–Crippen LogP) is 3.84. The molecule has 0 saturated heterocycles. The van der Waals surface area contributed by atoms with E-state index in [0.29, 0.717) is 17.8 Å². The first kappa shape index (κ1) is 14.5. The molecule has 2 N–H and O–H groups in total. The van der Waals surface area contributed by atoms with Crippen molar-refractivity contribution in [3.8, 4) is 0 Å². The van der Waals surface area contributed by atoms with Gasteiger partial charge in [-0.2, -0.15) is 0 Å². The van der Waals surface area contributed by atoms with E-state index in [-0.39, 0.29) is 10.4 Å². The van der Waals surface area contributed by atoms with Crippen LogP contribution in [0.5, 0.6) is 0 Å². The van der Waals surface area contributed by atoms with Crippen molar-refractivity contribution in [1.82, 2.24) is 0 Å². The number of carbonyl (C=O) groups is 1. The molecule has 0 aliphatic carbocycles. The third-order valence-electron chi connectivity index (χ3n) is 2.95. The summed E-state index contributed by atoms with van der Waals surface area (Å²) in [6.07, 6.45) is 0. The Bertz CT molecular complexity index is 628. The summed E-state index contributed by atoms with van der Waals surface area (Å²) in [5, 5.41) is 0. The van der Waals surface area contributed by atoms with E-state index in [9.17, 15) is 9.18 Å². The molecule has 2 rings (SSSR count). The van der Waals surface area contributed by atoms with Gasteiger partial charge in [-0.25, -0.2) is 4.39 Å². The van der Waals surface area contributed by atoms with Crippen molar-refractivity contribution < 1.29 is 9.18 Å². The van der Waals surface area contributed by atoms with E-state index in [4.69, 9.17) is 5.73 Å². The van der Waals surface area contributed by atoms with Crippen LogP contribution in [-0.4, -0.2) is 12.5 Å². The molecule has 0 bridgehead atoms. The summed E-state index contributed by atoms with van der Waals surface area (Å²) >= 11 is 3.12. The lowest BCUT2D eigenvalue weighted by Crippen LogP contribution is -2.31. The maximum absolute atomic E-state index is 13.5. The fourth-order valence-electron chi connectivity index (χ4n) is 1.91. The number of anilines is 2. The van der Waals surface area contributed by atoms with Gasteiger partial charge in [0, 0.05) is 17.9 Å². The average molecular weight is 337 g/mol. The molecule has 3 nitrogen and oxygen atoms in total. The van der Waals surface area contributed by atoms with Crippen molar-refractivity contribution in [1.29, 1.82) is 0 Å². The van der Waals surface area contributed by atoms with Gasteiger partial charge in [-0.3, -0.25) is 4.79 Å². The monoisotopic (exact) mass is 336 g/mol. The van der Waals surface area contributed by atoms with E-state index in [1.165, 1.54) is 12.1 Å². The van der Waals surface area contributed by atoms with Crippen LogP contribution < -0.4 is 10.6 Å². The van der Waals surface area contributed by atoms with Crippen LogP contribution in [0.15, 0.2) is 46.9 Å². The van der Waals surface area contributed by atoms with Gasteiger partial charge in [0.25, 0.3) is 5.91 Å². The molecule has 0 heterocycles. The molecule has 0 atom stereocenters. The third-order valence-corrected chi connectivity index (χ3v) is 3.75. The lowest BCUT2D eigenvalue weighted by Gasteiger charge is -2.22. The van der Waals surface area contributed by atoms with Crippen LogP contribution in [0.1, 0.15) is 17.3 Å². The fraction of sp³-hybridized carbons (Fsp3) is 0.133. The minimum absolute atomic E-state index is 0.180. The van der Waals surface area contributed by atoms with Crippen molar-refractivity contribution in [3.63, 3.8) is 0 Å². The second kappa shape index (κ2) is 6.05. The molecule has 1 amide bonds. The van der Waals surface area contributed by atoms with Crippen LogP contribution >= 0.6 is 15.9 Å². The molecule has 0 aliphatic heterocycles. The largest absolute Gasteiger partial charge is 0.399 e. The van der Waals surface area contributed by atoms with Crippen molar-refractivity contribution >= 4 is 33.2 Å². The summed E-state index contributed by atoms with van der Waals surface area (Å²) in [6, 6.07) is 11.4. The highest BCUT2D eigenvalue weighted by Crippen LogP contribution is 2.25. The number of nitrogens with zero attached hydrogens (tertiary/aromatic N) is 1. The van der Waals surface area contributed by atoms with Crippen LogP contribution in [0.3, 0.4) is 0 Å². The Hall–Kier alpha value is -1.88. The highest BCUT2D eigenvalue weighted by Gasteiger charge is 2.19. The predicted molar refractivity (Wildman–Crippen MR) is 82.3 cm³/mol. The average Bonchev–Trinajstić information content (AvgIpc) is 2.44. The Kier molecular flexibility index (Phi) is 4.39. The SMILES string of the molecule is CCN(C(=O)c1cccc(F)c1Br)c1ccc(N)cc1. The van der Waals surface area contributed by atoms with Crippen LogP contribution in [0.2, 0.25) is 0 Å². The number of halogens is 2. The number of benzene rings is 2. The number of nitrogen functional groups attached to an aromatic ring is 1. The zero-order valence-corrected chi connectivity index (χ0v) is 12.5. The first-order valence-corrected chi connectivity index (χ1v) is 6.95. The summed E-state index contributed by atoms with van der Waals surface area (Å²) in [5.41, 5.74) is 7.29. The fourth-order valence-corrected chi connectivity index (χ4v) is 2.35. The number of hydrogen-bond donors (Lipinski definition) is 1. The molecule has 0 unspecified atom stereocenters. The van der Waals surface area contributed by atoms with E-state index in [0.717, 1.165) is 5.69 Å². The molecule has 0 fully saturated rings. The molecule has 20 heavy (non-hydrogen) atoms. The van der Waals surface area contributed by atoms with Crippen LogP contribution in [0.4, 0.5) is 15.8 Å². The Balaban J connectivity index is 2.39. The van der Waals surface area contributed by atoms with Crippen molar-refractivity contribution in [2.24, 2.45) is 0 Å². The highest BCUT2D eigenvalue weighted by molar-refractivity contribution is 9.10. The van der Waals surface area contributed by atoms with Gasteiger partial charge in [-0.15, -0.1) is 0 Å². The van der Waals surface area contributed by atoms with Crippen LogP contribution in [0.25, 0.3) is 0 Å². The Morgan fingerprint density at radius 2 is 1.90 bits per heavy atom. The van der Waals surface area contributed by atoms with Gasteiger partial charge >= 0.3 is 0 Å².